The number of rotatable bonds is 30. The van der Waals surface area contributed by atoms with Gasteiger partial charge in [0.25, 0.3) is 0 Å². The molecular formula is C68H84BBr2NO4. The van der Waals surface area contributed by atoms with Gasteiger partial charge in [0.05, 0.1) is 35.4 Å². The Balaban J connectivity index is 1.11. The molecule has 1 saturated heterocycles. The maximum absolute atomic E-state index is 6.55. The summed E-state index contributed by atoms with van der Waals surface area (Å²) >= 11 is 7.56. The summed E-state index contributed by atoms with van der Waals surface area (Å²) in [7, 11) is -0.461. The molecule has 5 nitrogen and oxygen atoms in total. The third kappa shape index (κ3) is 15.2. The topological polar surface area (TPSA) is 41.9 Å². The molecular weight excluding hydrogens is 1070 g/mol. The number of hydrogen-bond donors (Lipinski definition) is 0. The smallest absolute Gasteiger partial charge is 0.494 e. The quantitative estimate of drug-likeness (QED) is 0.0256. The average molecular weight is 1150 g/mol. The molecule has 0 amide bonds. The van der Waals surface area contributed by atoms with Crippen molar-refractivity contribution in [2.75, 3.05) is 13.2 Å². The highest BCUT2D eigenvalue weighted by atomic mass is 79.9. The number of hydrogen-bond acceptors (Lipinski definition) is 4. The van der Waals surface area contributed by atoms with Gasteiger partial charge >= 0.3 is 7.12 Å². The molecule has 6 aromatic carbocycles. The second-order valence-corrected chi connectivity index (χ2v) is 24.1. The lowest BCUT2D eigenvalue weighted by Gasteiger charge is -2.32. The van der Waals surface area contributed by atoms with E-state index in [1.807, 2.05) is 0 Å². The molecule has 0 radical (unpaired) electrons. The van der Waals surface area contributed by atoms with Gasteiger partial charge in [0, 0.05) is 25.4 Å². The molecule has 0 spiro atoms. The van der Waals surface area contributed by atoms with Gasteiger partial charge in [-0.1, -0.05) is 234 Å². The van der Waals surface area contributed by atoms with Crippen molar-refractivity contribution in [1.29, 1.82) is 0 Å². The second kappa shape index (κ2) is 28.3. The van der Waals surface area contributed by atoms with Crippen molar-refractivity contribution in [2.45, 2.75) is 181 Å². The summed E-state index contributed by atoms with van der Waals surface area (Å²) in [6.45, 7) is 14.5. The first-order valence-electron chi connectivity index (χ1n) is 29.1. The van der Waals surface area contributed by atoms with Crippen molar-refractivity contribution >= 4 is 77.4 Å². The summed E-state index contributed by atoms with van der Waals surface area (Å²) in [5, 5.41) is 2.43. The van der Waals surface area contributed by atoms with Crippen LogP contribution in [0.5, 0.6) is 11.5 Å². The molecule has 1 aliphatic rings. The predicted octanol–water partition coefficient (Wildman–Crippen LogP) is 20.2. The van der Waals surface area contributed by atoms with Crippen molar-refractivity contribution < 1.29 is 18.8 Å². The monoisotopic (exact) mass is 1150 g/mol. The summed E-state index contributed by atoms with van der Waals surface area (Å²) < 4.78 is 30.4. The Labute approximate surface area is 474 Å². The van der Waals surface area contributed by atoms with Gasteiger partial charge in [-0.2, -0.15) is 0 Å². The van der Waals surface area contributed by atoms with E-state index < -0.39 is 18.3 Å². The van der Waals surface area contributed by atoms with Gasteiger partial charge in [-0.05, 0) is 140 Å². The first-order valence-corrected chi connectivity index (χ1v) is 30.7. The Hall–Kier alpha value is -4.60. The van der Waals surface area contributed by atoms with E-state index in [-0.39, 0.29) is 0 Å². The first kappa shape index (κ1) is 57.6. The van der Waals surface area contributed by atoms with Crippen LogP contribution in [0.2, 0.25) is 0 Å². The predicted molar refractivity (Wildman–Crippen MR) is 331 cm³/mol. The fourth-order valence-electron chi connectivity index (χ4n) is 10.7. The molecule has 1 fully saturated rings. The number of fused-ring (bicyclic) bond motifs is 3. The van der Waals surface area contributed by atoms with Crippen LogP contribution in [0.4, 0.5) is 0 Å². The van der Waals surface area contributed by atoms with Crippen molar-refractivity contribution in [3.05, 3.63) is 165 Å². The van der Waals surface area contributed by atoms with Crippen LogP contribution in [0.1, 0.15) is 192 Å². The van der Waals surface area contributed by atoms with Gasteiger partial charge < -0.3 is 23.3 Å². The van der Waals surface area contributed by atoms with Gasteiger partial charge in [-0.15, -0.1) is 0 Å². The zero-order valence-electron chi connectivity index (χ0n) is 46.7. The van der Waals surface area contributed by atoms with E-state index in [1.165, 1.54) is 126 Å². The molecule has 8 heteroatoms. The summed E-state index contributed by atoms with van der Waals surface area (Å²) in [6.07, 6.45) is 26.1. The molecule has 0 unspecified atom stereocenters. The Morgan fingerprint density at radius 2 is 0.750 bits per heavy atom. The molecule has 402 valence electrons. The number of aromatic nitrogens is 1. The van der Waals surface area contributed by atoms with Crippen molar-refractivity contribution in [2.24, 2.45) is 0 Å². The highest BCUT2D eigenvalue weighted by molar-refractivity contribution is 9.10. The number of nitrogens with zero attached hydrogens (tertiary/aromatic N) is 1. The number of halogens is 2. The van der Waals surface area contributed by atoms with Gasteiger partial charge in [0.2, 0.25) is 0 Å². The summed E-state index contributed by atoms with van der Waals surface area (Å²) in [4.78, 5) is 0. The third-order valence-electron chi connectivity index (χ3n) is 15.9. The zero-order valence-corrected chi connectivity index (χ0v) is 49.8. The zero-order chi connectivity index (χ0) is 53.3. The standard InChI is InChI=1S/C68H84BBr2NO4/c1-7-9-11-13-15-17-19-21-23-25-47-73-59-41-31-53(32-42-59)66(54-33-43-60(44-34-54)74-48-26-24-22-20-18-16-14-12-10-8-2)65(51-27-35-55(36-28-51)69-75-67(3,4)68(5,6)76-69)52-29-39-58(40-30-52)72-63-49-56(70)37-45-61(63)62-46-38-57(71)50-64(62)72/h27-46,49-50H,7-26,47-48H2,1-6H3. The summed E-state index contributed by atoms with van der Waals surface area (Å²) in [5.74, 6) is 1.80. The normalized spacial score (nSPS) is 14.0. The van der Waals surface area contributed by atoms with E-state index in [1.54, 1.807) is 0 Å². The van der Waals surface area contributed by atoms with Gasteiger partial charge in [0.15, 0.2) is 0 Å². The lowest BCUT2D eigenvalue weighted by atomic mass is 9.77. The van der Waals surface area contributed by atoms with E-state index in [4.69, 9.17) is 18.8 Å². The first-order chi connectivity index (χ1) is 37.0. The molecule has 0 atom stereocenters. The van der Waals surface area contributed by atoms with Crippen LogP contribution in [0.3, 0.4) is 0 Å². The average Bonchev–Trinajstić information content (AvgIpc) is 3.86. The summed E-state index contributed by atoms with van der Waals surface area (Å²) in [6, 6.07) is 48.6. The minimum Gasteiger partial charge on any atom is -0.494 e. The van der Waals surface area contributed by atoms with Crippen LogP contribution < -0.4 is 14.9 Å². The van der Waals surface area contributed by atoms with Crippen LogP contribution in [0.15, 0.2) is 142 Å². The highest BCUT2D eigenvalue weighted by Crippen LogP contribution is 2.41. The fourth-order valence-corrected chi connectivity index (χ4v) is 11.4. The van der Waals surface area contributed by atoms with E-state index in [9.17, 15) is 0 Å². The van der Waals surface area contributed by atoms with Crippen LogP contribution >= 0.6 is 31.9 Å². The SMILES string of the molecule is CCCCCCCCCCCCOc1ccc(C(=C(c2ccc(B3OC(C)(C)C(C)(C)O3)cc2)c2ccc(-n3c4cc(Br)ccc4c4ccc(Br)cc43)cc2)c2ccc(OCCCCCCCCCCCC)cc2)cc1. The number of unbranched alkanes of at least 4 members (excludes halogenated alkanes) is 18. The Morgan fingerprint density at radius 3 is 1.12 bits per heavy atom. The lowest BCUT2D eigenvalue weighted by Crippen LogP contribution is -2.41. The minimum absolute atomic E-state index is 0.439. The van der Waals surface area contributed by atoms with E-state index in [2.05, 4.69) is 211 Å². The molecule has 8 rings (SSSR count). The molecule has 7 aromatic rings. The maximum Gasteiger partial charge on any atom is 0.494 e. The number of benzene rings is 6. The molecule has 0 saturated carbocycles. The molecule has 1 aliphatic heterocycles. The molecule has 2 heterocycles. The largest absolute Gasteiger partial charge is 0.494 e. The molecule has 1 aromatic heterocycles. The van der Waals surface area contributed by atoms with Gasteiger partial charge in [-0.3, -0.25) is 0 Å². The summed E-state index contributed by atoms with van der Waals surface area (Å²) in [5.41, 5.74) is 10.2. The van der Waals surface area contributed by atoms with Crippen LogP contribution in [0.25, 0.3) is 38.6 Å². The van der Waals surface area contributed by atoms with Crippen LogP contribution in [-0.2, 0) is 9.31 Å². The molecule has 0 N–H and O–H groups in total. The fraction of sp³-hybridized carbons (Fsp3) is 0.441. The lowest BCUT2D eigenvalue weighted by molar-refractivity contribution is 0.00578. The minimum atomic E-state index is -0.461. The van der Waals surface area contributed by atoms with Crippen molar-refractivity contribution in [1.82, 2.24) is 4.57 Å². The van der Waals surface area contributed by atoms with E-state index in [0.29, 0.717) is 0 Å². The Morgan fingerprint density at radius 1 is 0.421 bits per heavy atom. The van der Waals surface area contributed by atoms with Gasteiger partial charge in [-0.25, -0.2) is 0 Å². The van der Waals surface area contributed by atoms with Crippen LogP contribution in [-0.4, -0.2) is 36.1 Å². The highest BCUT2D eigenvalue weighted by Gasteiger charge is 2.51. The Kier molecular flexibility index (Phi) is 21.5. The second-order valence-electron chi connectivity index (χ2n) is 22.3. The third-order valence-corrected chi connectivity index (χ3v) is 16.9. The molecule has 0 aliphatic carbocycles. The molecule has 0 bridgehead atoms. The van der Waals surface area contributed by atoms with Gasteiger partial charge in [0.1, 0.15) is 11.5 Å². The molecule has 76 heavy (non-hydrogen) atoms. The Bertz CT molecular complexity index is 2780. The van der Waals surface area contributed by atoms with E-state index in [0.717, 1.165) is 102 Å². The van der Waals surface area contributed by atoms with E-state index >= 15 is 0 Å². The van der Waals surface area contributed by atoms with Crippen LogP contribution in [0, 0.1) is 0 Å². The maximum atomic E-state index is 6.55. The van der Waals surface area contributed by atoms with Crippen molar-refractivity contribution in [3.8, 4) is 17.2 Å². The van der Waals surface area contributed by atoms with Crippen molar-refractivity contribution in [3.63, 3.8) is 0 Å². The number of ether oxygens (including phenoxy) is 2.